The third kappa shape index (κ3) is 2.66. The number of carbonyl (C=O) groups excluding carboxylic acids is 1. The Kier molecular flexibility index (Phi) is 3.81. The van der Waals surface area contributed by atoms with Gasteiger partial charge in [0.25, 0.3) is 0 Å². The normalized spacial score (nSPS) is 9.50. The number of rotatable bonds is 3. The van der Waals surface area contributed by atoms with Crippen LogP contribution in [0.15, 0.2) is 24.3 Å². The molecule has 1 aromatic carbocycles. The lowest BCUT2D eigenvalue weighted by Gasteiger charge is -2.01. The first kappa shape index (κ1) is 10.9. The first-order valence-electron chi connectivity index (χ1n) is 3.65. The van der Waals surface area contributed by atoms with Crippen LogP contribution in [0.3, 0.4) is 0 Å². The van der Waals surface area contributed by atoms with Crippen LogP contribution in [0.5, 0.6) is 5.75 Å². The van der Waals surface area contributed by atoms with Gasteiger partial charge in [-0.15, -0.1) is 0 Å². The van der Waals surface area contributed by atoms with E-state index in [1.165, 1.54) is 18.2 Å². The summed E-state index contributed by atoms with van der Waals surface area (Å²) >= 11 is 1.82. The first-order chi connectivity index (χ1) is 6.65. The van der Waals surface area contributed by atoms with Crippen molar-refractivity contribution in [3.63, 3.8) is 0 Å². The van der Waals surface area contributed by atoms with Gasteiger partial charge in [-0.3, -0.25) is 14.9 Å². The quantitative estimate of drug-likeness (QED) is 0.214. The Bertz CT molecular complexity index is 366. The Balaban J connectivity index is 2.95. The Labute approximate surface area is 93.4 Å². The highest BCUT2D eigenvalue weighted by molar-refractivity contribution is 14.1. The van der Waals surface area contributed by atoms with Crippen LogP contribution in [0.2, 0.25) is 0 Å². The van der Waals surface area contributed by atoms with Gasteiger partial charge in [0.1, 0.15) is 0 Å². The molecule has 0 atom stereocenters. The molecule has 0 unspecified atom stereocenters. The lowest BCUT2D eigenvalue weighted by molar-refractivity contribution is -0.385. The number of carbonyl (C=O) groups is 1. The molecule has 74 valence electrons. The molecule has 0 amide bonds. The van der Waals surface area contributed by atoms with E-state index in [0.717, 1.165) is 0 Å². The van der Waals surface area contributed by atoms with Gasteiger partial charge in [0.05, 0.1) is 9.35 Å². The van der Waals surface area contributed by atoms with E-state index in [4.69, 9.17) is 4.74 Å². The molecule has 0 bridgehead atoms. The van der Waals surface area contributed by atoms with Gasteiger partial charge >= 0.3 is 11.7 Å². The fourth-order valence-corrected chi connectivity index (χ4v) is 1.000. The summed E-state index contributed by atoms with van der Waals surface area (Å²) in [5, 5.41) is 10.5. The fraction of sp³-hybridized carbons (Fsp3) is 0.125. The van der Waals surface area contributed by atoms with Crippen molar-refractivity contribution in [2.24, 2.45) is 0 Å². The van der Waals surface area contributed by atoms with Crippen LogP contribution in [-0.2, 0) is 4.79 Å². The molecule has 1 aromatic rings. The van der Waals surface area contributed by atoms with Gasteiger partial charge in [0, 0.05) is 6.07 Å². The molecule has 0 N–H and O–H groups in total. The molecule has 0 aliphatic rings. The number of nitro benzene ring substituents is 1. The van der Waals surface area contributed by atoms with Crippen LogP contribution < -0.4 is 4.74 Å². The molecule has 0 fully saturated rings. The lowest BCUT2D eigenvalue weighted by Crippen LogP contribution is -2.09. The average molecular weight is 307 g/mol. The van der Waals surface area contributed by atoms with Gasteiger partial charge in [-0.2, -0.15) is 0 Å². The van der Waals surface area contributed by atoms with Crippen LogP contribution in [0, 0.1) is 10.1 Å². The predicted molar refractivity (Wildman–Crippen MR) is 57.6 cm³/mol. The Morgan fingerprint density at radius 2 is 2.14 bits per heavy atom. The molecular formula is C8H6INO4. The van der Waals surface area contributed by atoms with Crippen molar-refractivity contribution >= 4 is 34.2 Å². The van der Waals surface area contributed by atoms with Crippen molar-refractivity contribution in [3.8, 4) is 5.75 Å². The standard InChI is InChI=1S/C8H6INO4/c9-5-8(11)14-7-4-2-1-3-6(7)10(12)13/h1-4H,5H2. The Hall–Kier alpha value is -1.18. The summed E-state index contributed by atoms with van der Waals surface area (Å²) in [5.74, 6) is -0.515. The molecule has 0 aromatic heterocycles. The summed E-state index contributed by atoms with van der Waals surface area (Å²) in [5.41, 5.74) is -0.203. The fourth-order valence-electron chi connectivity index (χ4n) is 0.844. The summed E-state index contributed by atoms with van der Waals surface area (Å²) < 4.78 is 4.92. The number of halogens is 1. The van der Waals surface area contributed by atoms with Gasteiger partial charge in [0.2, 0.25) is 5.75 Å². The molecule has 1 rings (SSSR count). The Morgan fingerprint density at radius 1 is 1.50 bits per heavy atom. The average Bonchev–Trinajstić information content (AvgIpc) is 2.18. The second-order valence-corrected chi connectivity index (χ2v) is 3.10. The van der Waals surface area contributed by atoms with Crippen LogP contribution in [0.4, 0.5) is 5.69 Å². The minimum Gasteiger partial charge on any atom is -0.419 e. The summed E-state index contributed by atoms with van der Waals surface area (Å²) in [6.07, 6.45) is 0. The van der Waals surface area contributed by atoms with Crippen molar-refractivity contribution in [1.82, 2.24) is 0 Å². The molecule has 0 heterocycles. The highest BCUT2D eigenvalue weighted by Crippen LogP contribution is 2.25. The van der Waals surface area contributed by atoms with E-state index in [0.29, 0.717) is 0 Å². The number of para-hydroxylation sites is 2. The van der Waals surface area contributed by atoms with E-state index in [9.17, 15) is 14.9 Å². The zero-order valence-corrected chi connectivity index (χ0v) is 9.13. The molecule has 0 aliphatic carbocycles. The molecule has 0 aliphatic heterocycles. The highest BCUT2D eigenvalue weighted by atomic mass is 127. The number of hydrogen-bond acceptors (Lipinski definition) is 4. The van der Waals surface area contributed by atoms with E-state index in [-0.39, 0.29) is 15.9 Å². The van der Waals surface area contributed by atoms with Crippen LogP contribution in [-0.4, -0.2) is 15.3 Å². The Morgan fingerprint density at radius 3 is 2.71 bits per heavy atom. The van der Waals surface area contributed by atoms with E-state index in [1.54, 1.807) is 6.07 Å². The second kappa shape index (κ2) is 4.89. The predicted octanol–water partition coefficient (Wildman–Crippen LogP) is 1.94. The van der Waals surface area contributed by atoms with E-state index < -0.39 is 10.9 Å². The number of benzene rings is 1. The number of hydrogen-bond donors (Lipinski definition) is 0. The molecular weight excluding hydrogens is 301 g/mol. The third-order valence-corrected chi connectivity index (χ3v) is 2.02. The summed E-state index contributed by atoms with van der Waals surface area (Å²) in [7, 11) is 0. The number of ether oxygens (including phenoxy) is 1. The van der Waals surface area contributed by atoms with Crippen LogP contribution in [0.1, 0.15) is 0 Å². The minimum absolute atomic E-state index is 0.0147. The third-order valence-electron chi connectivity index (χ3n) is 1.39. The maximum absolute atomic E-state index is 10.9. The summed E-state index contributed by atoms with van der Waals surface area (Å²) in [6, 6.07) is 5.76. The molecule has 6 heteroatoms. The molecule has 0 spiro atoms. The topological polar surface area (TPSA) is 69.4 Å². The van der Waals surface area contributed by atoms with E-state index >= 15 is 0 Å². The molecule has 0 saturated carbocycles. The molecule has 5 nitrogen and oxygen atoms in total. The first-order valence-corrected chi connectivity index (χ1v) is 5.17. The second-order valence-electron chi connectivity index (χ2n) is 2.33. The van der Waals surface area contributed by atoms with Crippen molar-refractivity contribution in [1.29, 1.82) is 0 Å². The van der Waals surface area contributed by atoms with Gasteiger partial charge < -0.3 is 4.74 Å². The number of esters is 1. The van der Waals surface area contributed by atoms with Gasteiger partial charge in [-0.05, 0) is 6.07 Å². The number of nitrogens with zero attached hydrogens (tertiary/aromatic N) is 1. The van der Waals surface area contributed by atoms with Crippen molar-refractivity contribution < 1.29 is 14.5 Å². The van der Waals surface area contributed by atoms with Gasteiger partial charge in [-0.1, -0.05) is 34.7 Å². The molecule has 14 heavy (non-hydrogen) atoms. The molecule has 0 radical (unpaired) electrons. The zero-order chi connectivity index (χ0) is 10.6. The van der Waals surface area contributed by atoms with Crippen LogP contribution in [0.25, 0.3) is 0 Å². The van der Waals surface area contributed by atoms with E-state index in [2.05, 4.69) is 0 Å². The number of alkyl halides is 1. The summed E-state index contributed by atoms with van der Waals surface area (Å²) in [6.45, 7) is 0. The van der Waals surface area contributed by atoms with Crippen molar-refractivity contribution in [2.75, 3.05) is 4.43 Å². The smallest absolute Gasteiger partial charge is 0.321 e. The maximum atomic E-state index is 10.9. The SMILES string of the molecule is O=C(CI)Oc1ccccc1[N+](=O)[O-]. The minimum atomic E-state index is -0.587. The number of nitro groups is 1. The highest BCUT2D eigenvalue weighted by Gasteiger charge is 2.15. The van der Waals surface area contributed by atoms with Crippen molar-refractivity contribution in [3.05, 3.63) is 34.4 Å². The molecule has 0 saturated heterocycles. The monoisotopic (exact) mass is 307 g/mol. The summed E-state index contributed by atoms with van der Waals surface area (Å²) in [4.78, 5) is 20.8. The van der Waals surface area contributed by atoms with Crippen LogP contribution >= 0.6 is 22.6 Å². The van der Waals surface area contributed by atoms with E-state index in [1.807, 2.05) is 22.6 Å². The van der Waals surface area contributed by atoms with Crippen molar-refractivity contribution in [2.45, 2.75) is 0 Å². The lowest BCUT2D eigenvalue weighted by atomic mass is 10.3. The maximum Gasteiger partial charge on any atom is 0.321 e. The van der Waals surface area contributed by atoms with Gasteiger partial charge in [0.15, 0.2) is 0 Å². The zero-order valence-electron chi connectivity index (χ0n) is 6.97. The van der Waals surface area contributed by atoms with Gasteiger partial charge in [-0.25, -0.2) is 0 Å². The largest absolute Gasteiger partial charge is 0.419 e.